The topological polar surface area (TPSA) is 115 Å². The Morgan fingerprint density at radius 1 is 1.21 bits per heavy atom. The largest absolute Gasteiger partial charge is 0.444 e. The second-order valence-corrected chi connectivity index (χ2v) is 11.3. The van der Waals surface area contributed by atoms with Crippen LogP contribution >= 0.6 is 0 Å². The van der Waals surface area contributed by atoms with Gasteiger partial charge in [0.05, 0.1) is 30.3 Å². The molecule has 3 heterocycles. The highest BCUT2D eigenvalue weighted by Gasteiger charge is 2.31. The first kappa shape index (κ1) is 27.8. The molecule has 2 fully saturated rings. The van der Waals surface area contributed by atoms with Crippen LogP contribution in [0.1, 0.15) is 51.6 Å². The summed E-state index contributed by atoms with van der Waals surface area (Å²) in [5, 5.41) is 2.34. The lowest BCUT2D eigenvalue weighted by atomic mass is 10.0. The standard InChI is InChI=1S/C27H39N5O6/c1-27(2,3)38-26(36)29(4)16-19-17-31(13-14-37-19)12-6-7-18-8-9-20-22(15-18)30(5)25(35)32(20)21-10-11-23(33)28-24(21)34/h8-9,15,19,21H,6-7,10-14,16-17H2,1-5H3,(H,28,33,34)/t19-,21?/m0/s1. The van der Waals surface area contributed by atoms with Crippen molar-refractivity contribution in [2.24, 2.45) is 7.05 Å². The van der Waals surface area contributed by atoms with Gasteiger partial charge in [-0.15, -0.1) is 0 Å². The van der Waals surface area contributed by atoms with Gasteiger partial charge in [0.15, 0.2) is 0 Å². The van der Waals surface area contributed by atoms with E-state index in [-0.39, 0.29) is 30.2 Å². The van der Waals surface area contributed by atoms with Gasteiger partial charge in [-0.3, -0.25) is 28.9 Å². The summed E-state index contributed by atoms with van der Waals surface area (Å²) in [4.78, 5) is 53.1. The summed E-state index contributed by atoms with van der Waals surface area (Å²) in [5.74, 6) is -0.732. The number of rotatable bonds is 7. The highest BCUT2D eigenvalue weighted by molar-refractivity contribution is 6.00. The molecule has 0 radical (unpaired) electrons. The first-order chi connectivity index (χ1) is 17.9. The van der Waals surface area contributed by atoms with Crippen molar-refractivity contribution in [2.75, 3.05) is 39.8 Å². The molecule has 208 valence electrons. The number of ether oxygens (including phenoxy) is 2. The van der Waals surface area contributed by atoms with Gasteiger partial charge in [-0.2, -0.15) is 0 Å². The van der Waals surface area contributed by atoms with Gasteiger partial charge < -0.3 is 14.4 Å². The lowest BCUT2D eigenvalue weighted by Crippen LogP contribution is -2.48. The average molecular weight is 530 g/mol. The number of carbonyl (C=O) groups is 3. The fourth-order valence-electron chi connectivity index (χ4n) is 5.11. The molecule has 2 aliphatic heterocycles. The van der Waals surface area contributed by atoms with Crippen LogP contribution in [0.3, 0.4) is 0 Å². The summed E-state index contributed by atoms with van der Waals surface area (Å²) in [6.45, 7) is 9.12. The number of aryl methyl sites for hydroxylation is 2. The van der Waals surface area contributed by atoms with E-state index in [1.165, 1.54) is 4.57 Å². The first-order valence-electron chi connectivity index (χ1n) is 13.2. The third-order valence-corrected chi connectivity index (χ3v) is 7.02. The predicted octanol–water partition coefficient (Wildman–Crippen LogP) is 1.82. The van der Waals surface area contributed by atoms with Gasteiger partial charge in [0.1, 0.15) is 11.6 Å². The van der Waals surface area contributed by atoms with E-state index < -0.39 is 17.6 Å². The fourth-order valence-corrected chi connectivity index (χ4v) is 5.11. The molecule has 0 spiro atoms. The molecule has 1 aromatic heterocycles. The van der Waals surface area contributed by atoms with Crippen LogP contribution in [0.15, 0.2) is 23.0 Å². The zero-order valence-corrected chi connectivity index (χ0v) is 23.0. The molecule has 0 aliphatic carbocycles. The molecule has 1 unspecified atom stereocenters. The van der Waals surface area contributed by atoms with Crippen LogP contribution in [0.25, 0.3) is 11.0 Å². The SMILES string of the molecule is CN(C[C@H]1CN(CCCc2ccc3c(c2)n(C)c(=O)n3C2CCC(=O)NC2=O)CCO1)C(=O)OC(C)(C)C. The monoisotopic (exact) mass is 529 g/mol. The predicted molar refractivity (Wildman–Crippen MR) is 142 cm³/mol. The zero-order chi connectivity index (χ0) is 27.6. The summed E-state index contributed by atoms with van der Waals surface area (Å²) < 4.78 is 14.4. The third kappa shape index (κ3) is 6.44. The number of hydrogen-bond donors (Lipinski definition) is 1. The molecule has 0 bridgehead atoms. The lowest BCUT2D eigenvalue weighted by molar-refractivity contribution is -0.135. The molecule has 2 aromatic rings. The number of piperidine rings is 1. The normalized spacial score (nSPS) is 21.0. The highest BCUT2D eigenvalue weighted by Crippen LogP contribution is 2.24. The molecule has 0 saturated carbocycles. The van der Waals surface area contributed by atoms with Crippen molar-refractivity contribution in [3.05, 3.63) is 34.2 Å². The number of hydrogen-bond acceptors (Lipinski definition) is 7. The Hall–Kier alpha value is -3.18. The second-order valence-electron chi connectivity index (χ2n) is 11.3. The van der Waals surface area contributed by atoms with Gasteiger partial charge in [-0.1, -0.05) is 6.07 Å². The number of morpholine rings is 1. The van der Waals surface area contributed by atoms with Crippen molar-refractivity contribution >= 4 is 28.9 Å². The van der Waals surface area contributed by atoms with E-state index in [0.29, 0.717) is 25.1 Å². The van der Waals surface area contributed by atoms with E-state index in [9.17, 15) is 19.2 Å². The number of fused-ring (bicyclic) bond motifs is 1. The summed E-state index contributed by atoms with van der Waals surface area (Å²) in [6.07, 6.45) is 1.89. The van der Waals surface area contributed by atoms with Crippen molar-refractivity contribution < 1.29 is 23.9 Å². The van der Waals surface area contributed by atoms with Crippen LogP contribution in [0.5, 0.6) is 0 Å². The van der Waals surface area contributed by atoms with Crippen LogP contribution in [0.4, 0.5) is 4.79 Å². The maximum atomic E-state index is 13.0. The van der Waals surface area contributed by atoms with Crippen LogP contribution in [0.2, 0.25) is 0 Å². The van der Waals surface area contributed by atoms with E-state index in [1.807, 2.05) is 39.0 Å². The summed E-state index contributed by atoms with van der Waals surface area (Å²) >= 11 is 0. The van der Waals surface area contributed by atoms with Gasteiger partial charge in [-0.05, 0) is 64.3 Å². The second kappa shape index (κ2) is 11.3. The number of likely N-dealkylation sites (N-methyl/N-ethyl adjacent to an activating group) is 1. The first-order valence-corrected chi connectivity index (χ1v) is 13.2. The van der Waals surface area contributed by atoms with Gasteiger partial charge in [0, 0.05) is 33.6 Å². The molecule has 3 amide bonds. The number of aromatic nitrogens is 2. The van der Waals surface area contributed by atoms with Gasteiger partial charge in [0.25, 0.3) is 0 Å². The number of imide groups is 1. The summed E-state index contributed by atoms with van der Waals surface area (Å²) in [5.41, 5.74) is 1.79. The molecular formula is C27H39N5O6. The number of carbonyl (C=O) groups excluding carboxylic acids is 3. The van der Waals surface area contributed by atoms with Crippen molar-refractivity contribution in [3.8, 4) is 0 Å². The fraction of sp³-hybridized carbons (Fsp3) is 0.630. The van der Waals surface area contributed by atoms with Crippen molar-refractivity contribution in [2.45, 2.75) is 64.2 Å². The molecule has 11 heteroatoms. The lowest BCUT2D eigenvalue weighted by Gasteiger charge is -2.35. The van der Waals surface area contributed by atoms with E-state index in [1.54, 1.807) is 23.6 Å². The minimum Gasteiger partial charge on any atom is -0.444 e. The summed E-state index contributed by atoms with van der Waals surface area (Å²) in [6, 6.07) is 5.23. The van der Waals surface area contributed by atoms with E-state index in [0.717, 1.165) is 43.6 Å². The third-order valence-electron chi connectivity index (χ3n) is 7.02. The molecule has 1 aromatic carbocycles. The minimum atomic E-state index is -0.682. The van der Waals surface area contributed by atoms with E-state index in [4.69, 9.17) is 9.47 Å². The molecule has 1 N–H and O–H groups in total. The van der Waals surface area contributed by atoms with E-state index >= 15 is 0 Å². The molecule has 38 heavy (non-hydrogen) atoms. The summed E-state index contributed by atoms with van der Waals surface area (Å²) in [7, 11) is 3.44. The number of nitrogens with one attached hydrogen (secondary N) is 1. The van der Waals surface area contributed by atoms with Crippen molar-refractivity contribution in [3.63, 3.8) is 0 Å². The van der Waals surface area contributed by atoms with Crippen LogP contribution in [0, 0.1) is 0 Å². The quantitative estimate of drug-likeness (QED) is 0.544. The Kier molecular flexibility index (Phi) is 8.27. The van der Waals surface area contributed by atoms with Crippen LogP contribution < -0.4 is 11.0 Å². The maximum absolute atomic E-state index is 13.0. The minimum absolute atomic E-state index is 0.0702. The Labute approximate surface area is 222 Å². The zero-order valence-electron chi connectivity index (χ0n) is 23.0. The van der Waals surface area contributed by atoms with Crippen molar-refractivity contribution in [1.29, 1.82) is 0 Å². The molecule has 4 rings (SSSR count). The van der Waals surface area contributed by atoms with Crippen LogP contribution in [-0.4, -0.2) is 88.4 Å². The number of imidazole rings is 1. The molecule has 11 nitrogen and oxygen atoms in total. The number of nitrogens with zero attached hydrogens (tertiary/aromatic N) is 4. The molecular weight excluding hydrogens is 490 g/mol. The van der Waals surface area contributed by atoms with E-state index in [2.05, 4.69) is 10.2 Å². The molecule has 2 saturated heterocycles. The highest BCUT2D eigenvalue weighted by atomic mass is 16.6. The smallest absolute Gasteiger partial charge is 0.410 e. The Morgan fingerprint density at radius 3 is 2.68 bits per heavy atom. The van der Waals surface area contributed by atoms with Crippen LogP contribution in [-0.2, 0) is 32.5 Å². The Morgan fingerprint density at radius 2 is 1.97 bits per heavy atom. The van der Waals surface area contributed by atoms with Gasteiger partial charge in [0.2, 0.25) is 11.8 Å². The number of amides is 3. The maximum Gasteiger partial charge on any atom is 0.410 e. The molecule has 2 atom stereocenters. The number of benzene rings is 1. The van der Waals surface area contributed by atoms with Gasteiger partial charge >= 0.3 is 11.8 Å². The average Bonchev–Trinajstić information content (AvgIpc) is 3.08. The molecule has 2 aliphatic rings. The Balaban J connectivity index is 1.33. The Bertz CT molecular complexity index is 1260. The van der Waals surface area contributed by atoms with Crippen molar-refractivity contribution in [1.82, 2.24) is 24.3 Å². The van der Waals surface area contributed by atoms with Gasteiger partial charge in [-0.25, -0.2) is 9.59 Å².